The van der Waals surface area contributed by atoms with Crippen molar-refractivity contribution in [2.75, 3.05) is 5.73 Å². The maximum Gasteiger partial charge on any atom is 0.416 e. The molecule has 2 rings (SSSR count). The van der Waals surface area contributed by atoms with Crippen LogP contribution in [0.25, 0.3) is 11.3 Å². The predicted octanol–water partition coefficient (Wildman–Crippen LogP) is 4.37. The van der Waals surface area contributed by atoms with Crippen molar-refractivity contribution in [1.82, 2.24) is 4.37 Å². The Morgan fingerprint density at radius 1 is 1.26 bits per heavy atom. The van der Waals surface area contributed by atoms with Crippen molar-refractivity contribution >= 4 is 23.2 Å². The number of rotatable bonds is 2. The molecule has 0 saturated carbocycles. The van der Waals surface area contributed by atoms with Gasteiger partial charge in [0.05, 0.1) is 11.3 Å². The van der Waals surface area contributed by atoms with Gasteiger partial charge in [0.25, 0.3) is 0 Å². The Balaban J connectivity index is 2.38. The largest absolute Gasteiger partial charge is 0.456 e. The number of carbonyl (C=O) groups is 1. The summed E-state index contributed by atoms with van der Waals surface area (Å²) >= 11 is 0.802. The molecule has 0 aliphatic heterocycles. The molecule has 0 aliphatic carbocycles. The highest BCUT2D eigenvalue weighted by atomic mass is 32.1. The molecule has 0 bridgehead atoms. The maximum atomic E-state index is 12.8. The van der Waals surface area contributed by atoms with E-state index in [1.807, 2.05) is 0 Å². The van der Waals surface area contributed by atoms with Crippen LogP contribution in [0.2, 0.25) is 0 Å². The molecule has 0 radical (unpaired) electrons. The SMILES string of the molecule is CC(C)(C)OC(=O)c1snc(-c2cccc(C(F)(F)F)c2)c1N. The lowest BCUT2D eigenvalue weighted by atomic mass is 10.1. The third-order valence-electron chi connectivity index (χ3n) is 2.78. The number of aromatic nitrogens is 1. The number of anilines is 1. The number of esters is 1. The van der Waals surface area contributed by atoms with Crippen LogP contribution in [0.4, 0.5) is 18.9 Å². The Morgan fingerprint density at radius 3 is 2.48 bits per heavy atom. The molecule has 0 aliphatic rings. The highest BCUT2D eigenvalue weighted by molar-refractivity contribution is 7.09. The molecule has 1 aromatic heterocycles. The number of hydrogen-bond acceptors (Lipinski definition) is 5. The number of nitrogens with zero attached hydrogens (tertiary/aromatic N) is 1. The monoisotopic (exact) mass is 344 g/mol. The van der Waals surface area contributed by atoms with Gasteiger partial charge in [0, 0.05) is 5.56 Å². The second kappa shape index (κ2) is 5.84. The van der Waals surface area contributed by atoms with Crippen molar-refractivity contribution in [1.29, 1.82) is 0 Å². The molecule has 0 spiro atoms. The van der Waals surface area contributed by atoms with Crippen LogP contribution in [0, 0.1) is 0 Å². The Morgan fingerprint density at radius 2 is 1.91 bits per heavy atom. The van der Waals surface area contributed by atoms with Gasteiger partial charge in [-0.1, -0.05) is 12.1 Å². The van der Waals surface area contributed by atoms with E-state index < -0.39 is 23.3 Å². The van der Waals surface area contributed by atoms with Crippen molar-refractivity contribution in [3.05, 3.63) is 34.7 Å². The van der Waals surface area contributed by atoms with Crippen LogP contribution in [0.3, 0.4) is 0 Å². The van der Waals surface area contributed by atoms with E-state index in [2.05, 4.69) is 4.37 Å². The fraction of sp³-hybridized carbons (Fsp3) is 0.333. The summed E-state index contributed by atoms with van der Waals surface area (Å²) < 4.78 is 47.6. The van der Waals surface area contributed by atoms with Crippen molar-refractivity contribution in [2.45, 2.75) is 32.5 Å². The van der Waals surface area contributed by atoms with Gasteiger partial charge in [-0.2, -0.15) is 17.5 Å². The molecule has 2 N–H and O–H groups in total. The first-order valence-electron chi connectivity index (χ1n) is 6.65. The molecule has 0 amide bonds. The van der Waals surface area contributed by atoms with Crippen LogP contribution in [0.1, 0.15) is 36.0 Å². The standard InChI is InChI=1S/C15H15F3N2O2S/c1-14(2,3)22-13(21)12-10(19)11(20-23-12)8-5-4-6-9(7-8)15(16,17)18/h4-7H,19H2,1-3H3. The van der Waals surface area contributed by atoms with Crippen LogP contribution >= 0.6 is 11.5 Å². The van der Waals surface area contributed by atoms with Gasteiger partial charge in [0.2, 0.25) is 0 Å². The van der Waals surface area contributed by atoms with Gasteiger partial charge in [-0.25, -0.2) is 4.79 Å². The van der Waals surface area contributed by atoms with E-state index in [1.54, 1.807) is 20.8 Å². The number of halogens is 3. The highest BCUT2D eigenvalue weighted by Gasteiger charge is 2.31. The molecule has 0 atom stereocenters. The van der Waals surface area contributed by atoms with Gasteiger partial charge in [-0.3, -0.25) is 0 Å². The van der Waals surface area contributed by atoms with Crippen molar-refractivity contribution in [2.24, 2.45) is 0 Å². The van der Waals surface area contributed by atoms with Crippen molar-refractivity contribution in [3.8, 4) is 11.3 Å². The Hall–Kier alpha value is -2.09. The molecule has 4 nitrogen and oxygen atoms in total. The topological polar surface area (TPSA) is 65.2 Å². The molecule has 2 aromatic rings. The van der Waals surface area contributed by atoms with E-state index in [0.29, 0.717) is 0 Å². The second-order valence-corrected chi connectivity index (χ2v) is 6.63. The van der Waals surface area contributed by atoms with Crippen molar-refractivity contribution < 1.29 is 22.7 Å². The number of benzene rings is 1. The first-order valence-corrected chi connectivity index (χ1v) is 7.42. The number of nitrogen functional groups attached to an aromatic ring is 1. The normalized spacial score (nSPS) is 12.3. The van der Waals surface area contributed by atoms with E-state index in [9.17, 15) is 18.0 Å². The number of alkyl halides is 3. The summed E-state index contributed by atoms with van der Waals surface area (Å²) in [5, 5.41) is 0. The molecule has 0 saturated heterocycles. The summed E-state index contributed by atoms with van der Waals surface area (Å²) in [6, 6.07) is 4.63. The van der Waals surface area contributed by atoms with E-state index in [-0.39, 0.29) is 21.8 Å². The zero-order chi connectivity index (χ0) is 17.4. The highest BCUT2D eigenvalue weighted by Crippen LogP contribution is 2.36. The molecule has 0 unspecified atom stereocenters. The summed E-state index contributed by atoms with van der Waals surface area (Å²) in [4.78, 5) is 12.1. The summed E-state index contributed by atoms with van der Waals surface area (Å²) in [6.07, 6.45) is -4.46. The smallest absolute Gasteiger partial charge is 0.416 e. The Bertz CT molecular complexity index is 733. The third kappa shape index (κ3) is 4.01. The van der Waals surface area contributed by atoms with Gasteiger partial charge in [-0.05, 0) is 44.4 Å². The lowest BCUT2D eigenvalue weighted by Crippen LogP contribution is -2.23. The quantitative estimate of drug-likeness (QED) is 0.822. The number of nitrogens with two attached hydrogens (primary N) is 1. The fourth-order valence-electron chi connectivity index (χ4n) is 1.82. The minimum Gasteiger partial charge on any atom is -0.456 e. The third-order valence-corrected chi connectivity index (χ3v) is 3.62. The summed E-state index contributed by atoms with van der Waals surface area (Å²) in [6.45, 7) is 5.11. The lowest BCUT2D eigenvalue weighted by Gasteiger charge is -2.18. The summed E-state index contributed by atoms with van der Waals surface area (Å²) in [5.74, 6) is -0.647. The van der Waals surface area contributed by atoms with Crippen LogP contribution in [0.5, 0.6) is 0 Å². The first-order chi connectivity index (χ1) is 10.5. The van der Waals surface area contributed by atoms with Gasteiger partial charge in [0.1, 0.15) is 11.3 Å². The van der Waals surface area contributed by atoms with Crippen LogP contribution < -0.4 is 5.73 Å². The van der Waals surface area contributed by atoms with Crippen LogP contribution in [-0.2, 0) is 10.9 Å². The van der Waals surface area contributed by atoms with Gasteiger partial charge in [0.15, 0.2) is 4.88 Å². The number of carbonyl (C=O) groups excluding carboxylic acids is 1. The molecule has 1 heterocycles. The van der Waals surface area contributed by atoms with Gasteiger partial charge < -0.3 is 10.5 Å². The number of hydrogen-bond donors (Lipinski definition) is 1. The average Bonchev–Trinajstić information content (AvgIpc) is 2.78. The van der Waals surface area contributed by atoms with Crippen LogP contribution in [-0.4, -0.2) is 15.9 Å². The summed E-state index contributed by atoms with van der Waals surface area (Å²) in [5.41, 5.74) is 4.73. The Kier molecular flexibility index (Phi) is 4.39. The molecule has 8 heteroatoms. The lowest BCUT2D eigenvalue weighted by molar-refractivity contribution is -0.137. The zero-order valence-corrected chi connectivity index (χ0v) is 13.5. The van der Waals surface area contributed by atoms with E-state index in [1.165, 1.54) is 12.1 Å². The van der Waals surface area contributed by atoms with Crippen molar-refractivity contribution in [3.63, 3.8) is 0 Å². The predicted molar refractivity (Wildman–Crippen MR) is 82.1 cm³/mol. The average molecular weight is 344 g/mol. The maximum absolute atomic E-state index is 12.8. The molecule has 23 heavy (non-hydrogen) atoms. The zero-order valence-electron chi connectivity index (χ0n) is 12.7. The van der Waals surface area contributed by atoms with E-state index in [0.717, 1.165) is 23.7 Å². The van der Waals surface area contributed by atoms with E-state index >= 15 is 0 Å². The molecular weight excluding hydrogens is 329 g/mol. The summed E-state index contributed by atoms with van der Waals surface area (Å²) in [7, 11) is 0. The fourth-order valence-corrected chi connectivity index (χ4v) is 2.52. The molecule has 0 fully saturated rings. The van der Waals surface area contributed by atoms with Gasteiger partial charge >= 0.3 is 12.1 Å². The Labute approximate surface area is 135 Å². The molecular formula is C15H15F3N2O2S. The molecule has 124 valence electrons. The van der Waals surface area contributed by atoms with Gasteiger partial charge in [-0.15, -0.1) is 0 Å². The minimum absolute atomic E-state index is 0.0172. The molecule has 1 aromatic carbocycles. The van der Waals surface area contributed by atoms with E-state index in [4.69, 9.17) is 10.5 Å². The van der Waals surface area contributed by atoms with Crippen LogP contribution in [0.15, 0.2) is 24.3 Å². The minimum atomic E-state index is -4.46. The second-order valence-electron chi connectivity index (χ2n) is 5.85. The number of ether oxygens (including phenoxy) is 1. The first kappa shape index (κ1) is 17.3.